The van der Waals surface area contributed by atoms with Crippen LogP contribution >= 0.6 is 11.6 Å². The maximum Gasteiger partial charge on any atom is 0.325 e. The molecule has 1 N–H and O–H groups in total. The van der Waals surface area contributed by atoms with Crippen LogP contribution in [0.15, 0.2) is 46.9 Å². The summed E-state index contributed by atoms with van der Waals surface area (Å²) in [7, 11) is 0. The SMILES string of the molecule is Cc1ccc(C2(C)NC(=O)N(Cc3cc4ccccc4c(Cl)n3)C2=O)o1. The molecule has 7 heteroatoms. The molecule has 6 nitrogen and oxygen atoms in total. The van der Waals surface area contributed by atoms with Gasteiger partial charge >= 0.3 is 6.03 Å². The summed E-state index contributed by atoms with van der Waals surface area (Å²) in [6.07, 6.45) is 0. The van der Waals surface area contributed by atoms with Crippen LogP contribution in [-0.2, 0) is 16.9 Å². The van der Waals surface area contributed by atoms with Gasteiger partial charge in [0.05, 0.1) is 12.2 Å². The molecule has 2 aromatic heterocycles. The Morgan fingerprint density at radius 2 is 2.00 bits per heavy atom. The number of pyridine rings is 1. The number of amides is 3. The van der Waals surface area contributed by atoms with Crippen LogP contribution in [0.5, 0.6) is 0 Å². The first-order valence-corrected chi connectivity index (χ1v) is 8.51. The minimum Gasteiger partial charge on any atom is -0.463 e. The molecule has 4 rings (SSSR count). The molecule has 1 unspecified atom stereocenters. The van der Waals surface area contributed by atoms with Crippen molar-refractivity contribution < 1.29 is 14.0 Å². The second kappa shape index (κ2) is 5.85. The highest BCUT2D eigenvalue weighted by atomic mass is 35.5. The predicted molar refractivity (Wildman–Crippen MR) is 96.6 cm³/mol. The Labute approximate surface area is 154 Å². The molecular weight excluding hydrogens is 354 g/mol. The molecule has 26 heavy (non-hydrogen) atoms. The second-order valence-corrected chi connectivity index (χ2v) is 6.84. The Morgan fingerprint density at radius 3 is 2.73 bits per heavy atom. The summed E-state index contributed by atoms with van der Waals surface area (Å²) >= 11 is 6.24. The number of aromatic nitrogens is 1. The number of nitrogens with zero attached hydrogens (tertiary/aromatic N) is 2. The number of nitrogens with one attached hydrogen (secondary N) is 1. The van der Waals surface area contributed by atoms with Gasteiger partial charge in [0.25, 0.3) is 5.91 Å². The average Bonchev–Trinajstić information content (AvgIpc) is 3.13. The summed E-state index contributed by atoms with van der Waals surface area (Å²) in [5.41, 5.74) is -0.691. The normalized spacial score (nSPS) is 20.0. The molecule has 1 aliphatic rings. The van der Waals surface area contributed by atoms with Gasteiger partial charge in [0.1, 0.15) is 16.7 Å². The van der Waals surface area contributed by atoms with E-state index in [0.717, 1.165) is 15.7 Å². The summed E-state index contributed by atoms with van der Waals surface area (Å²) in [5, 5.41) is 4.78. The molecule has 0 saturated carbocycles. The Morgan fingerprint density at radius 1 is 1.23 bits per heavy atom. The molecule has 1 aliphatic heterocycles. The number of aryl methyl sites for hydroxylation is 1. The van der Waals surface area contributed by atoms with E-state index in [4.69, 9.17) is 16.0 Å². The van der Waals surface area contributed by atoms with Crippen molar-refractivity contribution in [1.29, 1.82) is 0 Å². The molecule has 1 saturated heterocycles. The minimum absolute atomic E-state index is 0.0322. The summed E-state index contributed by atoms with van der Waals surface area (Å²) in [4.78, 5) is 30.8. The van der Waals surface area contributed by atoms with Crippen molar-refractivity contribution in [3.63, 3.8) is 0 Å². The van der Waals surface area contributed by atoms with E-state index in [0.29, 0.717) is 22.4 Å². The molecule has 3 aromatic rings. The topological polar surface area (TPSA) is 75.4 Å². The lowest BCUT2D eigenvalue weighted by atomic mass is 9.99. The van der Waals surface area contributed by atoms with E-state index in [-0.39, 0.29) is 12.5 Å². The van der Waals surface area contributed by atoms with Crippen LogP contribution in [0.25, 0.3) is 10.8 Å². The number of urea groups is 1. The summed E-state index contributed by atoms with van der Waals surface area (Å²) in [5.74, 6) is 0.688. The smallest absolute Gasteiger partial charge is 0.325 e. The molecule has 3 heterocycles. The molecule has 132 valence electrons. The highest BCUT2D eigenvalue weighted by Gasteiger charge is 2.51. The Kier molecular flexibility index (Phi) is 3.73. The van der Waals surface area contributed by atoms with Crippen molar-refractivity contribution in [3.05, 3.63) is 64.8 Å². The molecule has 1 fully saturated rings. The van der Waals surface area contributed by atoms with E-state index in [9.17, 15) is 9.59 Å². The van der Waals surface area contributed by atoms with E-state index in [1.807, 2.05) is 30.3 Å². The zero-order valence-corrected chi connectivity index (χ0v) is 15.0. The number of furan rings is 1. The molecule has 0 bridgehead atoms. The average molecular weight is 370 g/mol. The van der Waals surface area contributed by atoms with Gasteiger partial charge in [-0.2, -0.15) is 0 Å². The van der Waals surface area contributed by atoms with E-state index in [1.54, 1.807) is 26.0 Å². The van der Waals surface area contributed by atoms with Gasteiger partial charge < -0.3 is 9.73 Å². The maximum absolute atomic E-state index is 12.9. The van der Waals surface area contributed by atoms with Gasteiger partial charge in [0.2, 0.25) is 0 Å². The third-order valence-electron chi connectivity index (χ3n) is 4.58. The third-order valence-corrected chi connectivity index (χ3v) is 4.86. The van der Waals surface area contributed by atoms with E-state index >= 15 is 0 Å². The van der Waals surface area contributed by atoms with Crippen molar-refractivity contribution >= 4 is 34.3 Å². The monoisotopic (exact) mass is 369 g/mol. The highest BCUT2D eigenvalue weighted by molar-refractivity contribution is 6.34. The Bertz CT molecular complexity index is 1050. The standard InChI is InChI=1S/C19H16ClN3O3/c1-11-7-8-15(26-11)19(2)17(24)23(18(25)22-19)10-13-9-12-5-3-4-6-14(12)16(20)21-13/h3-9H,10H2,1-2H3,(H,22,25). The molecular formula is C19H16ClN3O3. The van der Waals surface area contributed by atoms with Crippen molar-refractivity contribution in [3.8, 4) is 0 Å². The number of fused-ring (bicyclic) bond motifs is 1. The lowest BCUT2D eigenvalue weighted by Gasteiger charge is -2.19. The number of carbonyl (C=O) groups is 2. The van der Waals surface area contributed by atoms with Gasteiger partial charge in [-0.1, -0.05) is 35.9 Å². The van der Waals surface area contributed by atoms with Gasteiger partial charge in [-0.3, -0.25) is 9.69 Å². The van der Waals surface area contributed by atoms with E-state index in [1.165, 1.54) is 0 Å². The summed E-state index contributed by atoms with van der Waals surface area (Å²) < 4.78 is 5.57. The van der Waals surface area contributed by atoms with Gasteiger partial charge in [0, 0.05) is 5.39 Å². The lowest BCUT2D eigenvalue weighted by molar-refractivity contribution is -0.132. The van der Waals surface area contributed by atoms with Crippen LogP contribution in [0, 0.1) is 6.92 Å². The van der Waals surface area contributed by atoms with Crippen LogP contribution in [0.3, 0.4) is 0 Å². The molecule has 0 spiro atoms. The number of rotatable bonds is 3. The van der Waals surface area contributed by atoms with Crippen LogP contribution in [0.1, 0.15) is 24.1 Å². The van der Waals surface area contributed by atoms with Gasteiger partial charge in [-0.15, -0.1) is 0 Å². The number of carbonyl (C=O) groups excluding carboxylic acids is 2. The quantitative estimate of drug-likeness (QED) is 0.563. The number of imide groups is 1. The number of hydrogen-bond donors (Lipinski definition) is 1. The molecule has 3 amide bonds. The fourth-order valence-corrected chi connectivity index (χ4v) is 3.44. The molecule has 1 atom stereocenters. The first kappa shape index (κ1) is 16.6. The van der Waals surface area contributed by atoms with E-state index < -0.39 is 11.6 Å². The van der Waals surface area contributed by atoms with Crippen LogP contribution < -0.4 is 5.32 Å². The fraction of sp³-hybridized carbons (Fsp3) is 0.211. The fourth-order valence-electron chi connectivity index (χ4n) is 3.16. The van der Waals surface area contributed by atoms with Crippen molar-refractivity contribution in [2.24, 2.45) is 0 Å². The Balaban J connectivity index is 1.67. The minimum atomic E-state index is -1.23. The summed E-state index contributed by atoms with van der Waals surface area (Å²) in [6, 6.07) is 12.4. The highest BCUT2D eigenvalue weighted by Crippen LogP contribution is 2.31. The van der Waals surface area contributed by atoms with Crippen molar-refractivity contribution in [2.45, 2.75) is 25.9 Å². The van der Waals surface area contributed by atoms with Gasteiger partial charge in [-0.05, 0) is 37.4 Å². The van der Waals surface area contributed by atoms with Crippen LogP contribution in [0.4, 0.5) is 4.79 Å². The molecule has 0 radical (unpaired) electrons. The molecule has 1 aromatic carbocycles. The second-order valence-electron chi connectivity index (χ2n) is 6.48. The lowest BCUT2D eigenvalue weighted by Crippen LogP contribution is -2.40. The predicted octanol–water partition coefficient (Wildman–Crippen LogP) is 3.76. The number of benzene rings is 1. The van der Waals surface area contributed by atoms with Crippen molar-refractivity contribution in [1.82, 2.24) is 15.2 Å². The Hall–Kier alpha value is -2.86. The third kappa shape index (κ3) is 2.54. The zero-order valence-electron chi connectivity index (χ0n) is 14.2. The van der Waals surface area contributed by atoms with Crippen LogP contribution in [-0.4, -0.2) is 21.8 Å². The van der Waals surface area contributed by atoms with Gasteiger partial charge in [-0.25, -0.2) is 9.78 Å². The number of halogens is 1. The molecule has 0 aliphatic carbocycles. The van der Waals surface area contributed by atoms with Gasteiger partial charge in [0.15, 0.2) is 5.54 Å². The van der Waals surface area contributed by atoms with Crippen LogP contribution in [0.2, 0.25) is 5.15 Å². The first-order valence-electron chi connectivity index (χ1n) is 8.14. The van der Waals surface area contributed by atoms with Crippen molar-refractivity contribution in [2.75, 3.05) is 0 Å². The number of hydrogen-bond acceptors (Lipinski definition) is 4. The zero-order chi connectivity index (χ0) is 18.5. The van der Waals surface area contributed by atoms with E-state index in [2.05, 4.69) is 10.3 Å². The maximum atomic E-state index is 12.9. The largest absolute Gasteiger partial charge is 0.463 e. The first-order chi connectivity index (χ1) is 12.4. The summed E-state index contributed by atoms with van der Waals surface area (Å²) in [6.45, 7) is 3.45.